The number of alkyl halides is 1. The molecule has 0 amide bonds. The molecule has 0 spiro atoms. The van der Waals surface area contributed by atoms with E-state index in [-0.39, 0.29) is 12.2 Å². The molecule has 0 aliphatic carbocycles. The second-order valence-corrected chi connectivity index (χ2v) is 8.42. The maximum absolute atomic E-state index is 14.2. The molecule has 0 saturated carbocycles. The summed E-state index contributed by atoms with van der Waals surface area (Å²) in [5.41, 5.74) is -0.306. The van der Waals surface area contributed by atoms with E-state index in [0.717, 1.165) is 25.9 Å². The topological polar surface area (TPSA) is 64.6 Å². The standard InChI is InChI=1S/C23H29F2N3O3/c1-4-30-22(29)18-6-5-17(13-19(18)24)20-7-8-21(27-26-20)31-14-16-9-11-28(12-10-16)15-23(2,3)25/h5-8,13,16H,4,9-12,14-15H2,1-3H3. The van der Waals surface area contributed by atoms with Gasteiger partial charge in [-0.1, -0.05) is 6.07 Å². The molecule has 2 aromatic rings. The van der Waals surface area contributed by atoms with Crippen molar-refractivity contribution in [2.24, 2.45) is 5.92 Å². The van der Waals surface area contributed by atoms with Crippen molar-refractivity contribution in [2.75, 3.05) is 32.8 Å². The monoisotopic (exact) mass is 433 g/mol. The number of rotatable bonds is 8. The van der Waals surface area contributed by atoms with Gasteiger partial charge in [-0.05, 0) is 70.8 Å². The van der Waals surface area contributed by atoms with Crippen LogP contribution in [0.4, 0.5) is 8.78 Å². The SMILES string of the molecule is CCOC(=O)c1ccc(-c2ccc(OCC3CCN(CC(C)(C)F)CC3)nn2)cc1F. The third-order valence-corrected chi connectivity index (χ3v) is 5.17. The molecule has 0 atom stereocenters. The van der Waals surface area contributed by atoms with Crippen LogP contribution in [0, 0.1) is 11.7 Å². The summed E-state index contributed by atoms with van der Waals surface area (Å²) in [5.74, 6) is -0.564. The Balaban J connectivity index is 1.52. The molecule has 31 heavy (non-hydrogen) atoms. The summed E-state index contributed by atoms with van der Waals surface area (Å²) in [4.78, 5) is 13.9. The van der Waals surface area contributed by atoms with E-state index in [2.05, 4.69) is 15.1 Å². The van der Waals surface area contributed by atoms with Crippen LogP contribution < -0.4 is 4.74 Å². The number of likely N-dealkylation sites (tertiary alicyclic amines) is 1. The number of nitrogens with zero attached hydrogens (tertiary/aromatic N) is 3. The fourth-order valence-electron chi connectivity index (χ4n) is 3.65. The number of benzene rings is 1. The number of hydrogen-bond donors (Lipinski definition) is 0. The molecule has 2 heterocycles. The molecule has 1 aromatic heterocycles. The molecule has 8 heteroatoms. The molecule has 3 rings (SSSR count). The van der Waals surface area contributed by atoms with Gasteiger partial charge < -0.3 is 14.4 Å². The van der Waals surface area contributed by atoms with Gasteiger partial charge >= 0.3 is 5.97 Å². The molecule has 1 aliphatic heterocycles. The summed E-state index contributed by atoms with van der Waals surface area (Å²) in [7, 11) is 0. The fraction of sp³-hybridized carbons (Fsp3) is 0.522. The molecule has 168 valence electrons. The Hall–Kier alpha value is -2.61. The predicted molar refractivity (Wildman–Crippen MR) is 113 cm³/mol. The highest BCUT2D eigenvalue weighted by atomic mass is 19.1. The van der Waals surface area contributed by atoms with Gasteiger partial charge in [0.15, 0.2) is 0 Å². The van der Waals surface area contributed by atoms with Crippen LogP contribution in [0.5, 0.6) is 5.88 Å². The number of hydrogen-bond acceptors (Lipinski definition) is 6. The molecule has 0 radical (unpaired) electrons. The first-order chi connectivity index (χ1) is 14.7. The summed E-state index contributed by atoms with van der Waals surface area (Å²) >= 11 is 0. The molecular formula is C23H29F2N3O3. The van der Waals surface area contributed by atoms with Crippen molar-refractivity contribution >= 4 is 5.97 Å². The molecule has 0 N–H and O–H groups in total. The maximum Gasteiger partial charge on any atom is 0.341 e. The van der Waals surface area contributed by atoms with Crippen LogP contribution in [0.1, 0.15) is 44.0 Å². The van der Waals surface area contributed by atoms with Crippen molar-refractivity contribution in [1.29, 1.82) is 0 Å². The number of carbonyl (C=O) groups excluding carboxylic acids is 1. The van der Waals surface area contributed by atoms with Crippen molar-refractivity contribution in [1.82, 2.24) is 15.1 Å². The van der Waals surface area contributed by atoms with Crippen molar-refractivity contribution < 1.29 is 23.0 Å². The first-order valence-corrected chi connectivity index (χ1v) is 10.6. The van der Waals surface area contributed by atoms with Crippen LogP contribution in [0.3, 0.4) is 0 Å². The van der Waals surface area contributed by atoms with Gasteiger partial charge in [-0.25, -0.2) is 13.6 Å². The molecule has 0 unspecified atom stereocenters. The van der Waals surface area contributed by atoms with E-state index in [0.29, 0.717) is 36.2 Å². The summed E-state index contributed by atoms with van der Waals surface area (Å²) in [6.07, 6.45) is 1.90. The minimum Gasteiger partial charge on any atom is -0.476 e. The van der Waals surface area contributed by atoms with E-state index >= 15 is 0 Å². The summed E-state index contributed by atoms with van der Waals surface area (Å²) < 4.78 is 38.6. The Morgan fingerprint density at radius 2 is 1.94 bits per heavy atom. The highest BCUT2D eigenvalue weighted by Gasteiger charge is 2.25. The molecule has 6 nitrogen and oxygen atoms in total. The lowest BCUT2D eigenvalue weighted by Gasteiger charge is -2.34. The van der Waals surface area contributed by atoms with Crippen LogP contribution in [0.15, 0.2) is 30.3 Å². The van der Waals surface area contributed by atoms with Crippen LogP contribution in [0.2, 0.25) is 0 Å². The lowest BCUT2D eigenvalue weighted by Crippen LogP contribution is -2.41. The van der Waals surface area contributed by atoms with Gasteiger partial charge in [-0.15, -0.1) is 10.2 Å². The van der Waals surface area contributed by atoms with E-state index in [1.54, 1.807) is 39.0 Å². The number of carbonyl (C=O) groups is 1. The number of halogens is 2. The molecule has 0 bridgehead atoms. The molecular weight excluding hydrogens is 404 g/mol. The largest absolute Gasteiger partial charge is 0.476 e. The molecule has 1 aliphatic rings. The molecule has 1 saturated heterocycles. The van der Waals surface area contributed by atoms with Crippen molar-refractivity contribution in [3.8, 4) is 17.1 Å². The van der Waals surface area contributed by atoms with Crippen molar-refractivity contribution in [3.63, 3.8) is 0 Å². The van der Waals surface area contributed by atoms with E-state index in [4.69, 9.17) is 9.47 Å². The maximum atomic E-state index is 14.2. The quantitative estimate of drug-likeness (QED) is 0.579. The average molecular weight is 433 g/mol. The van der Waals surface area contributed by atoms with Crippen LogP contribution >= 0.6 is 0 Å². The van der Waals surface area contributed by atoms with Crippen molar-refractivity contribution in [3.05, 3.63) is 41.7 Å². The second kappa shape index (κ2) is 10.1. The predicted octanol–water partition coefficient (Wildman–Crippen LogP) is 4.30. The summed E-state index contributed by atoms with van der Waals surface area (Å²) in [6, 6.07) is 7.62. The lowest BCUT2D eigenvalue weighted by atomic mass is 9.97. The average Bonchev–Trinajstić information content (AvgIpc) is 2.72. The summed E-state index contributed by atoms with van der Waals surface area (Å²) in [5, 5.41) is 8.18. The van der Waals surface area contributed by atoms with Gasteiger partial charge in [0, 0.05) is 18.2 Å². The number of esters is 1. The Morgan fingerprint density at radius 1 is 1.19 bits per heavy atom. The third-order valence-electron chi connectivity index (χ3n) is 5.17. The van der Waals surface area contributed by atoms with Gasteiger partial charge in [0.05, 0.1) is 24.5 Å². The zero-order valence-electron chi connectivity index (χ0n) is 18.2. The van der Waals surface area contributed by atoms with Crippen molar-refractivity contribution in [2.45, 2.75) is 39.3 Å². The Kier molecular flexibility index (Phi) is 7.54. The van der Waals surface area contributed by atoms with Gasteiger partial charge in [0.2, 0.25) is 5.88 Å². The van der Waals surface area contributed by atoms with E-state index in [1.165, 1.54) is 12.1 Å². The van der Waals surface area contributed by atoms with E-state index in [1.807, 2.05) is 0 Å². The van der Waals surface area contributed by atoms with Crippen LogP contribution in [-0.4, -0.2) is 59.6 Å². The number of aromatic nitrogens is 2. The number of ether oxygens (including phenoxy) is 2. The zero-order valence-corrected chi connectivity index (χ0v) is 18.2. The zero-order chi connectivity index (χ0) is 22.4. The minimum absolute atomic E-state index is 0.111. The highest BCUT2D eigenvalue weighted by Crippen LogP contribution is 2.23. The fourth-order valence-corrected chi connectivity index (χ4v) is 3.65. The normalized spacial score (nSPS) is 15.6. The van der Waals surface area contributed by atoms with E-state index in [9.17, 15) is 13.6 Å². The Bertz CT molecular complexity index is 877. The first kappa shape index (κ1) is 23.1. The lowest BCUT2D eigenvalue weighted by molar-refractivity contribution is 0.0521. The van der Waals surface area contributed by atoms with Gasteiger partial charge in [0.1, 0.15) is 11.5 Å². The Labute approximate surface area is 181 Å². The van der Waals surface area contributed by atoms with Gasteiger partial charge in [-0.3, -0.25) is 0 Å². The van der Waals surface area contributed by atoms with Crippen LogP contribution in [0.25, 0.3) is 11.3 Å². The highest BCUT2D eigenvalue weighted by molar-refractivity contribution is 5.90. The summed E-state index contributed by atoms with van der Waals surface area (Å²) in [6.45, 7) is 7.76. The minimum atomic E-state index is -1.18. The van der Waals surface area contributed by atoms with Gasteiger partial charge in [-0.2, -0.15) is 0 Å². The van der Waals surface area contributed by atoms with Crippen LogP contribution in [-0.2, 0) is 4.74 Å². The van der Waals surface area contributed by atoms with E-state index < -0.39 is 17.5 Å². The Morgan fingerprint density at radius 3 is 2.52 bits per heavy atom. The number of piperidine rings is 1. The first-order valence-electron chi connectivity index (χ1n) is 10.6. The second-order valence-electron chi connectivity index (χ2n) is 8.42. The van der Waals surface area contributed by atoms with Gasteiger partial charge in [0.25, 0.3) is 0 Å². The molecule has 1 aromatic carbocycles. The molecule has 1 fully saturated rings. The third kappa shape index (κ3) is 6.69. The smallest absolute Gasteiger partial charge is 0.341 e.